The first-order chi connectivity index (χ1) is 9.84. The van der Waals surface area contributed by atoms with Crippen molar-refractivity contribution in [3.63, 3.8) is 0 Å². The topological polar surface area (TPSA) is 86.4 Å². The fourth-order valence-corrected chi connectivity index (χ4v) is 3.59. The van der Waals surface area contributed by atoms with E-state index in [1.165, 1.54) is 33.2 Å². The predicted octanol–water partition coefficient (Wildman–Crippen LogP) is 1.84. The Morgan fingerprint density at radius 2 is 1.71 bits per heavy atom. The number of aromatic nitrogens is 1. The Balaban J connectivity index is 2.43. The van der Waals surface area contributed by atoms with Crippen LogP contribution in [0.15, 0.2) is 4.99 Å². The predicted molar refractivity (Wildman–Crippen MR) is 84.7 cm³/mol. The zero-order chi connectivity index (χ0) is 15.5. The van der Waals surface area contributed by atoms with Crippen molar-refractivity contribution < 1.29 is 4.79 Å². The van der Waals surface area contributed by atoms with Crippen LogP contribution in [0.25, 0.3) is 10.9 Å². The average molecular weight is 284 g/mol. The number of hydrogen-bond acceptors (Lipinski definition) is 1. The van der Waals surface area contributed by atoms with Crippen LogP contribution in [0.5, 0.6) is 0 Å². The third-order valence-corrected chi connectivity index (χ3v) is 4.76. The summed E-state index contributed by atoms with van der Waals surface area (Å²) in [6.07, 6.45) is 0.959. The number of carbonyl (C=O) groups excluding carboxylic acids is 1. The molecule has 110 valence electrons. The van der Waals surface area contributed by atoms with Crippen molar-refractivity contribution in [2.24, 2.45) is 16.5 Å². The maximum Gasteiger partial charge on any atom is 0.297 e. The lowest BCUT2D eigenvalue weighted by Gasteiger charge is -2.11. The van der Waals surface area contributed by atoms with Crippen molar-refractivity contribution in [1.29, 1.82) is 0 Å². The van der Waals surface area contributed by atoms with E-state index in [1.807, 2.05) is 6.92 Å². The number of amides is 1. The minimum Gasteiger partial charge on any atom is -0.370 e. The lowest BCUT2D eigenvalue weighted by Crippen LogP contribution is -2.25. The van der Waals surface area contributed by atoms with Gasteiger partial charge in [0.2, 0.25) is 0 Å². The van der Waals surface area contributed by atoms with Crippen molar-refractivity contribution in [3.8, 4) is 0 Å². The van der Waals surface area contributed by atoms with Crippen LogP contribution in [0.2, 0.25) is 0 Å². The SMILES string of the molecule is Cc1c(C)c2c3c(c1C)c(C)c(C(=O)N=C(N)N)n3CC2. The number of aliphatic imine (C=N–C) groups is 1. The number of nitrogens with two attached hydrogens (primary N) is 2. The number of carbonyl (C=O) groups is 1. The highest BCUT2D eigenvalue weighted by molar-refractivity contribution is 6.08. The van der Waals surface area contributed by atoms with Crippen LogP contribution in [-0.2, 0) is 13.0 Å². The molecular weight excluding hydrogens is 264 g/mol. The van der Waals surface area contributed by atoms with E-state index in [1.54, 1.807) is 0 Å². The lowest BCUT2D eigenvalue weighted by molar-refractivity contribution is 0.0994. The van der Waals surface area contributed by atoms with Gasteiger partial charge in [0.15, 0.2) is 5.96 Å². The van der Waals surface area contributed by atoms with Gasteiger partial charge in [-0.25, -0.2) is 0 Å². The Morgan fingerprint density at radius 3 is 2.33 bits per heavy atom. The third-order valence-electron chi connectivity index (χ3n) is 4.76. The van der Waals surface area contributed by atoms with Crippen molar-refractivity contribution in [2.45, 2.75) is 40.7 Å². The highest BCUT2D eigenvalue weighted by Gasteiger charge is 2.28. The van der Waals surface area contributed by atoms with Gasteiger partial charge in [0.25, 0.3) is 5.91 Å². The van der Waals surface area contributed by atoms with Crippen LogP contribution in [0.1, 0.15) is 38.3 Å². The fourth-order valence-electron chi connectivity index (χ4n) is 3.59. The number of rotatable bonds is 1. The molecule has 5 nitrogen and oxygen atoms in total. The second-order valence-electron chi connectivity index (χ2n) is 5.79. The van der Waals surface area contributed by atoms with Crippen molar-refractivity contribution in [2.75, 3.05) is 0 Å². The Bertz CT molecular complexity index is 823. The fraction of sp³-hybridized carbons (Fsp3) is 0.375. The first-order valence-electron chi connectivity index (χ1n) is 7.10. The normalized spacial score (nSPS) is 13.0. The summed E-state index contributed by atoms with van der Waals surface area (Å²) in [5, 5.41) is 1.18. The molecule has 1 aliphatic heterocycles. The molecule has 1 aliphatic rings. The zero-order valence-electron chi connectivity index (χ0n) is 12.9. The molecule has 1 aromatic heterocycles. The number of nitrogens with zero attached hydrogens (tertiary/aromatic N) is 2. The van der Waals surface area contributed by atoms with Gasteiger partial charge < -0.3 is 16.0 Å². The molecule has 5 heteroatoms. The largest absolute Gasteiger partial charge is 0.370 e. The van der Waals surface area contributed by atoms with Crippen LogP contribution in [0.3, 0.4) is 0 Å². The van der Waals surface area contributed by atoms with E-state index in [2.05, 4.69) is 30.3 Å². The van der Waals surface area contributed by atoms with Gasteiger partial charge in [0.05, 0.1) is 5.52 Å². The first-order valence-corrected chi connectivity index (χ1v) is 7.10. The molecule has 2 heterocycles. The van der Waals surface area contributed by atoms with E-state index in [9.17, 15) is 4.79 Å². The molecule has 0 fully saturated rings. The van der Waals surface area contributed by atoms with E-state index >= 15 is 0 Å². The summed E-state index contributed by atoms with van der Waals surface area (Å²) < 4.78 is 2.08. The molecule has 1 amide bonds. The molecule has 0 bridgehead atoms. The smallest absolute Gasteiger partial charge is 0.297 e. The second kappa shape index (κ2) is 4.35. The molecule has 0 saturated heterocycles. The molecule has 0 unspecified atom stereocenters. The number of benzene rings is 1. The Labute approximate surface area is 123 Å². The average Bonchev–Trinajstić information content (AvgIpc) is 2.91. The van der Waals surface area contributed by atoms with Crippen LogP contribution in [0.4, 0.5) is 0 Å². The molecule has 0 atom stereocenters. The van der Waals surface area contributed by atoms with Gasteiger partial charge in [-0.05, 0) is 61.9 Å². The Kier molecular flexibility index (Phi) is 2.83. The highest BCUT2D eigenvalue weighted by atomic mass is 16.1. The molecule has 1 aromatic carbocycles. The monoisotopic (exact) mass is 284 g/mol. The molecule has 2 aromatic rings. The summed E-state index contributed by atoms with van der Waals surface area (Å²) in [4.78, 5) is 16.1. The maximum absolute atomic E-state index is 12.4. The van der Waals surface area contributed by atoms with Gasteiger partial charge >= 0.3 is 0 Å². The van der Waals surface area contributed by atoms with E-state index in [-0.39, 0.29) is 11.9 Å². The van der Waals surface area contributed by atoms with Gasteiger partial charge in [-0.15, -0.1) is 0 Å². The minimum atomic E-state index is -0.355. The standard InChI is InChI=1S/C16H20N4O/c1-7-8(2)11-5-6-20-13(15(21)19-16(17)18)10(4)12(9(7)3)14(11)20/h5-6H2,1-4H3,(H4,17,18,19,21). The molecule has 0 saturated carbocycles. The molecule has 3 rings (SSSR count). The van der Waals surface area contributed by atoms with Gasteiger partial charge in [-0.1, -0.05) is 0 Å². The molecule has 4 N–H and O–H groups in total. The van der Waals surface area contributed by atoms with Gasteiger partial charge in [0.1, 0.15) is 5.69 Å². The summed E-state index contributed by atoms with van der Waals surface area (Å²) in [5.74, 6) is -0.550. The third kappa shape index (κ3) is 1.70. The summed E-state index contributed by atoms with van der Waals surface area (Å²) in [6.45, 7) is 9.21. The van der Waals surface area contributed by atoms with Gasteiger partial charge in [0, 0.05) is 11.9 Å². The quantitative estimate of drug-likeness (QED) is 0.619. The first kappa shape index (κ1) is 13.7. The molecule has 0 radical (unpaired) electrons. The summed E-state index contributed by atoms with van der Waals surface area (Å²) in [6, 6.07) is 0. The van der Waals surface area contributed by atoms with E-state index in [0.717, 1.165) is 18.5 Å². The number of aryl methyl sites for hydroxylation is 4. The molecule has 21 heavy (non-hydrogen) atoms. The van der Waals surface area contributed by atoms with Crippen LogP contribution >= 0.6 is 0 Å². The lowest BCUT2D eigenvalue weighted by atomic mass is 9.92. The van der Waals surface area contributed by atoms with E-state index < -0.39 is 0 Å². The zero-order valence-corrected chi connectivity index (χ0v) is 12.9. The minimum absolute atomic E-state index is 0.195. The van der Waals surface area contributed by atoms with Crippen molar-refractivity contribution in [3.05, 3.63) is 33.5 Å². The van der Waals surface area contributed by atoms with E-state index in [0.29, 0.717) is 5.69 Å². The second-order valence-corrected chi connectivity index (χ2v) is 5.79. The molecule has 0 aliphatic carbocycles. The van der Waals surface area contributed by atoms with Gasteiger partial charge in [-0.2, -0.15) is 4.99 Å². The summed E-state index contributed by atoms with van der Waals surface area (Å²) >= 11 is 0. The van der Waals surface area contributed by atoms with Crippen LogP contribution in [-0.4, -0.2) is 16.4 Å². The van der Waals surface area contributed by atoms with Gasteiger partial charge in [-0.3, -0.25) is 4.79 Å². The number of guanidine groups is 1. The molecule has 0 spiro atoms. The van der Waals surface area contributed by atoms with Crippen molar-refractivity contribution >= 4 is 22.8 Å². The van der Waals surface area contributed by atoms with Crippen molar-refractivity contribution in [1.82, 2.24) is 4.57 Å². The van der Waals surface area contributed by atoms with E-state index in [4.69, 9.17) is 11.5 Å². The van der Waals surface area contributed by atoms with Crippen LogP contribution in [0, 0.1) is 27.7 Å². The number of hydrogen-bond donors (Lipinski definition) is 2. The maximum atomic E-state index is 12.4. The summed E-state index contributed by atoms with van der Waals surface area (Å²) in [7, 11) is 0. The highest BCUT2D eigenvalue weighted by Crippen LogP contribution is 2.39. The Hall–Kier alpha value is -2.30. The summed E-state index contributed by atoms with van der Waals surface area (Å²) in [5.41, 5.74) is 18.7. The molecular formula is C16H20N4O. The Morgan fingerprint density at radius 1 is 1.05 bits per heavy atom. The van der Waals surface area contributed by atoms with Crippen LogP contribution < -0.4 is 11.5 Å².